The Balaban J connectivity index is 2.11. The molecule has 1 heterocycles. The number of nitrogens with two attached hydrogens (primary N) is 1. The molecule has 2 N–H and O–H groups in total. The van der Waals surface area contributed by atoms with Crippen LogP contribution in [0, 0.1) is 0 Å². The van der Waals surface area contributed by atoms with Crippen molar-refractivity contribution in [3.63, 3.8) is 0 Å². The second kappa shape index (κ2) is 4.44. The molecule has 78 valence electrons. The predicted molar refractivity (Wildman–Crippen MR) is 63.9 cm³/mol. The van der Waals surface area contributed by atoms with Gasteiger partial charge in [0.2, 0.25) is 0 Å². The lowest BCUT2D eigenvalue weighted by Gasteiger charge is -1.90. The van der Waals surface area contributed by atoms with E-state index in [-0.39, 0.29) is 0 Å². The lowest BCUT2D eigenvalue weighted by molar-refractivity contribution is -0.487. The summed E-state index contributed by atoms with van der Waals surface area (Å²) in [6.45, 7) is 1.04. The van der Waals surface area contributed by atoms with Crippen LogP contribution < -0.4 is 5.73 Å². The first kappa shape index (κ1) is 10.2. The number of nitrogen functional groups attached to an aromatic ring is 1. The zero-order valence-corrected chi connectivity index (χ0v) is 9.37. The molecule has 2 rings (SSSR count). The van der Waals surface area contributed by atoms with Crippen molar-refractivity contribution in [3.05, 3.63) is 24.3 Å². The van der Waals surface area contributed by atoms with E-state index in [0.717, 1.165) is 28.8 Å². The van der Waals surface area contributed by atoms with E-state index in [2.05, 4.69) is 14.8 Å². The minimum Gasteiger partial charge on any atom is -0.399 e. The van der Waals surface area contributed by atoms with Crippen LogP contribution in [0.4, 0.5) is 11.4 Å². The van der Waals surface area contributed by atoms with Gasteiger partial charge in [0, 0.05) is 11.4 Å². The van der Waals surface area contributed by atoms with E-state index in [9.17, 15) is 0 Å². The van der Waals surface area contributed by atoms with Gasteiger partial charge in [-0.1, -0.05) is 0 Å². The minimum absolute atomic E-state index is 0.744. The number of thioether (sulfide) groups is 1. The van der Waals surface area contributed by atoms with Crippen molar-refractivity contribution in [2.75, 3.05) is 25.1 Å². The van der Waals surface area contributed by atoms with Crippen LogP contribution >= 0.6 is 11.8 Å². The van der Waals surface area contributed by atoms with Crippen molar-refractivity contribution in [1.29, 1.82) is 0 Å². The summed E-state index contributed by atoms with van der Waals surface area (Å²) in [6.07, 6.45) is 0. The molecule has 0 amide bonds. The minimum atomic E-state index is 0.744. The predicted octanol–water partition coefficient (Wildman–Crippen LogP) is 2.10. The molecular formula is C10H13N4S+. The molecule has 0 saturated carbocycles. The lowest BCUT2D eigenvalue weighted by Crippen LogP contribution is -2.06. The molecule has 5 heteroatoms. The molecule has 0 radical (unpaired) electrons. The third kappa shape index (κ3) is 2.56. The van der Waals surface area contributed by atoms with Gasteiger partial charge in [-0.25, -0.2) is 0 Å². The van der Waals surface area contributed by atoms with Gasteiger partial charge in [-0.3, -0.25) is 4.58 Å². The number of benzene rings is 1. The highest BCUT2D eigenvalue weighted by molar-refractivity contribution is 8.13. The van der Waals surface area contributed by atoms with Crippen LogP contribution in [0.25, 0.3) is 0 Å². The Hall–Kier alpha value is -1.36. The molecule has 0 atom stereocenters. The fourth-order valence-corrected chi connectivity index (χ4v) is 2.18. The van der Waals surface area contributed by atoms with E-state index in [0.29, 0.717) is 0 Å². The van der Waals surface area contributed by atoms with Gasteiger partial charge in [0.1, 0.15) is 5.69 Å². The van der Waals surface area contributed by atoms with E-state index in [1.807, 2.05) is 31.3 Å². The van der Waals surface area contributed by atoms with E-state index in [1.54, 1.807) is 11.8 Å². The van der Waals surface area contributed by atoms with Gasteiger partial charge in [-0.15, -0.1) is 0 Å². The van der Waals surface area contributed by atoms with Gasteiger partial charge in [-0.05, 0) is 41.1 Å². The third-order valence-electron chi connectivity index (χ3n) is 2.13. The number of amidine groups is 1. The maximum absolute atomic E-state index is 5.58. The highest BCUT2D eigenvalue weighted by Crippen LogP contribution is 2.17. The molecule has 1 aromatic carbocycles. The maximum atomic E-state index is 5.58. The molecule has 0 aliphatic carbocycles. The van der Waals surface area contributed by atoms with Crippen molar-refractivity contribution < 1.29 is 4.58 Å². The SMILES string of the molecule is C[N+]1=C(N=Nc2ccc(N)cc2)SCC1. The van der Waals surface area contributed by atoms with Gasteiger partial charge < -0.3 is 5.73 Å². The summed E-state index contributed by atoms with van der Waals surface area (Å²) in [5, 5.41) is 9.32. The number of anilines is 1. The summed E-state index contributed by atoms with van der Waals surface area (Å²) < 4.78 is 2.10. The van der Waals surface area contributed by atoms with Crippen molar-refractivity contribution in [2.45, 2.75) is 0 Å². The van der Waals surface area contributed by atoms with E-state index >= 15 is 0 Å². The molecule has 0 saturated heterocycles. The van der Waals surface area contributed by atoms with Crippen LogP contribution in [-0.4, -0.2) is 29.1 Å². The Labute approximate surface area is 92.9 Å². The monoisotopic (exact) mass is 221 g/mol. The van der Waals surface area contributed by atoms with Crippen LogP contribution in [-0.2, 0) is 0 Å². The van der Waals surface area contributed by atoms with Crippen molar-refractivity contribution in [2.24, 2.45) is 10.2 Å². The Morgan fingerprint density at radius 1 is 1.27 bits per heavy atom. The summed E-state index contributed by atoms with van der Waals surface area (Å²) >= 11 is 1.73. The molecule has 0 aromatic heterocycles. The van der Waals surface area contributed by atoms with Crippen LogP contribution in [0.15, 0.2) is 34.5 Å². The second-order valence-electron chi connectivity index (χ2n) is 3.34. The van der Waals surface area contributed by atoms with Crippen molar-refractivity contribution >= 4 is 28.3 Å². The molecule has 1 aliphatic heterocycles. The molecular weight excluding hydrogens is 208 g/mol. The maximum Gasteiger partial charge on any atom is 0.381 e. The summed E-state index contributed by atoms with van der Waals surface area (Å²) in [5.41, 5.74) is 7.15. The number of hydrogen-bond donors (Lipinski definition) is 1. The van der Waals surface area contributed by atoms with Gasteiger partial charge in [0.25, 0.3) is 0 Å². The Morgan fingerprint density at radius 2 is 2.00 bits per heavy atom. The molecule has 1 aromatic rings. The van der Waals surface area contributed by atoms with E-state index in [4.69, 9.17) is 5.73 Å². The zero-order valence-electron chi connectivity index (χ0n) is 8.55. The fraction of sp³-hybridized carbons (Fsp3) is 0.300. The molecule has 15 heavy (non-hydrogen) atoms. The van der Waals surface area contributed by atoms with Gasteiger partial charge in [-0.2, -0.15) is 0 Å². The van der Waals surface area contributed by atoms with Crippen LogP contribution in [0.3, 0.4) is 0 Å². The number of nitrogens with zero attached hydrogens (tertiary/aromatic N) is 3. The normalized spacial score (nSPS) is 16.6. The summed E-state index contributed by atoms with van der Waals surface area (Å²) in [5.74, 6) is 1.09. The highest BCUT2D eigenvalue weighted by Gasteiger charge is 2.19. The van der Waals surface area contributed by atoms with E-state index < -0.39 is 0 Å². The average Bonchev–Trinajstić information content (AvgIpc) is 2.63. The van der Waals surface area contributed by atoms with Gasteiger partial charge in [0.15, 0.2) is 0 Å². The summed E-state index contributed by atoms with van der Waals surface area (Å²) in [7, 11) is 2.03. The molecule has 0 spiro atoms. The van der Waals surface area contributed by atoms with Gasteiger partial charge in [0.05, 0.1) is 18.7 Å². The molecule has 1 aliphatic rings. The quantitative estimate of drug-likeness (QED) is 0.448. The molecule has 4 nitrogen and oxygen atoms in total. The average molecular weight is 221 g/mol. The third-order valence-corrected chi connectivity index (χ3v) is 3.17. The first-order valence-corrected chi connectivity index (χ1v) is 5.72. The largest absolute Gasteiger partial charge is 0.399 e. The molecule has 0 bridgehead atoms. The first-order chi connectivity index (χ1) is 7.25. The van der Waals surface area contributed by atoms with Gasteiger partial charge >= 0.3 is 5.17 Å². The summed E-state index contributed by atoms with van der Waals surface area (Å²) in [6, 6.07) is 7.37. The van der Waals surface area contributed by atoms with Crippen LogP contribution in [0.1, 0.15) is 0 Å². The second-order valence-corrected chi connectivity index (χ2v) is 4.41. The topological polar surface area (TPSA) is 53.8 Å². The number of azo groups is 1. The van der Waals surface area contributed by atoms with Crippen LogP contribution in [0.2, 0.25) is 0 Å². The first-order valence-electron chi connectivity index (χ1n) is 4.74. The lowest BCUT2D eigenvalue weighted by atomic mass is 10.3. The zero-order chi connectivity index (χ0) is 10.7. The van der Waals surface area contributed by atoms with Crippen LogP contribution in [0.5, 0.6) is 0 Å². The molecule has 0 fully saturated rings. The Bertz CT molecular complexity index is 408. The van der Waals surface area contributed by atoms with E-state index in [1.165, 1.54) is 0 Å². The number of hydrogen-bond acceptors (Lipinski definition) is 4. The number of rotatable bonds is 1. The summed E-state index contributed by atoms with van der Waals surface area (Å²) in [4.78, 5) is 0. The fourth-order valence-electron chi connectivity index (χ4n) is 1.23. The standard InChI is InChI=1S/C10H12N4S/c1-14-6-7-15-10(14)13-12-9-4-2-8(11)3-5-9/h2-5,11H,6-7H2,1H3/p+1. The Kier molecular flexibility index (Phi) is 3.01. The Morgan fingerprint density at radius 3 is 2.60 bits per heavy atom. The van der Waals surface area contributed by atoms with Crippen molar-refractivity contribution in [1.82, 2.24) is 0 Å². The molecule has 0 unspecified atom stereocenters. The highest BCUT2D eigenvalue weighted by atomic mass is 32.2. The smallest absolute Gasteiger partial charge is 0.381 e. The van der Waals surface area contributed by atoms with Crippen molar-refractivity contribution in [3.8, 4) is 0 Å².